The fraction of sp³-hybridized carbons (Fsp3) is 0. The number of carboxylic acids is 2. The van der Waals surface area contributed by atoms with E-state index in [-0.39, 0.29) is 0 Å². The minimum absolute atomic E-state index is 0.486. The highest BCUT2D eigenvalue weighted by atomic mass is 32.2. The lowest BCUT2D eigenvalue weighted by molar-refractivity contribution is -0.133. The molecule has 1 aliphatic heterocycles. The molecule has 0 aromatic rings. The third-order valence-electron chi connectivity index (χ3n) is 1.19. The van der Waals surface area contributed by atoms with Gasteiger partial charge in [0.2, 0.25) is 0 Å². The molecule has 0 fully saturated rings. The average molecular weight is 186 g/mol. The molecule has 4 nitrogen and oxygen atoms in total. The largest absolute Gasteiger partial charge is 0.477 e. The number of hydrogen-bond donors (Lipinski definition) is 2. The van der Waals surface area contributed by atoms with Gasteiger partial charge < -0.3 is 10.2 Å². The topological polar surface area (TPSA) is 74.6 Å². The lowest BCUT2D eigenvalue weighted by Crippen LogP contribution is -2.22. The Labute approximate surface area is 70.8 Å². The molecule has 0 spiro atoms. The highest BCUT2D eigenvalue weighted by Gasteiger charge is 2.19. The van der Waals surface area contributed by atoms with E-state index in [2.05, 4.69) is 0 Å². The molecule has 1 aliphatic rings. The van der Waals surface area contributed by atoms with Gasteiger partial charge in [0, 0.05) is 0 Å². The maximum Gasteiger partial charge on any atom is 0.349 e. The van der Waals surface area contributed by atoms with Crippen molar-refractivity contribution in [2.75, 3.05) is 0 Å². The lowest BCUT2D eigenvalue weighted by atomic mass is 10.4. The maximum absolute atomic E-state index is 10.4. The van der Waals surface area contributed by atoms with Crippen molar-refractivity contribution < 1.29 is 19.8 Å². The average Bonchev–Trinajstić information content (AvgIpc) is 2.37. The number of carbonyl (C=O) groups is 2. The fourth-order valence-corrected chi connectivity index (χ4v) is 2.02. The molecule has 0 saturated carbocycles. The van der Waals surface area contributed by atoms with Gasteiger partial charge in [-0.15, -0.1) is 10.5 Å². The van der Waals surface area contributed by atoms with Gasteiger partial charge in [0.15, 0.2) is 4.86 Å². The number of allylic oxidation sites excluding steroid dienone is 2. The highest BCUT2D eigenvalue weighted by Crippen LogP contribution is 2.24. The molecule has 5 heteroatoms. The van der Waals surface area contributed by atoms with Gasteiger partial charge in [0.25, 0.3) is 0 Å². The molecule has 0 saturated heterocycles. The first-order valence-corrected chi connectivity index (χ1v) is 4.38. The van der Waals surface area contributed by atoms with Crippen LogP contribution in [0.25, 0.3) is 0 Å². The molecule has 2 N–H and O–H groups in total. The van der Waals surface area contributed by atoms with E-state index in [0.29, 0.717) is 0 Å². The molecule has 0 bridgehead atoms. The molecule has 1 rings (SSSR count). The van der Waals surface area contributed by atoms with Crippen molar-refractivity contribution in [1.29, 1.82) is 0 Å². The van der Waals surface area contributed by atoms with Gasteiger partial charge >= 0.3 is 11.9 Å². The molecule has 64 valence electrons. The number of carboxylic acid groups (broad SMARTS) is 2. The fourth-order valence-electron chi connectivity index (χ4n) is 0.735. The summed E-state index contributed by atoms with van der Waals surface area (Å²) in [5, 5.41) is 20.2. The standard InChI is InChI=1S/C7H6O4S/c8-6(9)5(7(10)11)12-3-1-2-4-12/h1-4H,(H,8,9)(H,10,11). The Hall–Kier alpha value is -1.36. The van der Waals surface area contributed by atoms with Gasteiger partial charge in [0.1, 0.15) is 0 Å². The zero-order chi connectivity index (χ0) is 9.14. The van der Waals surface area contributed by atoms with Crippen LogP contribution < -0.4 is 0 Å². The SMILES string of the molecule is O=C(O)C(C(=O)O)=S1C=CC=C1. The zero-order valence-corrected chi connectivity index (χ0v) is 6.75. The van der Waals surface area contributed by atoms with Crippen LogP contribution in [-0.2, 0) is 9.59 Å². The van der Waals surface area contributed by atoms with Gasteiger partial charge in [-0.25, -0.2) is 9.59 Å². The Morgan fingerprint density at radius 2 is 1.42 bits per heavy atom. The van der Waals surface area contributed by atoms with Gasteiger partial charge in [-0.05, 0) is 10.8 Å². The molecule has 0 amide bonds. The van der Waals surface area contributed by atoms with Crippen LogP contribution in [0.5, 0.6) is 0 Å². The summed E-state index contributed by atoms with van der Waals surface area (Å²) in [4.78, 5) is 20.4. The van der Waals surface area contributed by atoms with E-state index < -0.39 is 27.3 Å². The first kappa shape index (κ1) is 8.73. The monoisotopic (exact) mass is 186 g/mol. The van der Waals surface area contributed by atoms with Crippen LogP contribution in [0, 0.1) is 0 Å². The predicted molar refractivity (Wildman–Crippen MR) is 46.1 cm³/mol. The van der Waals surface area contributed by atoms with Crippen LogP contribution in [0.2, 0.25) is 0 Å². The lowest BCUT2D eigenvalue weighted by Gasteiger charge is -1.97. The van der Waals surface area contributed by atoms with Crippen LogP contribution in [0.15, 0.2) is 23.0 Å². The predicted octanol–water partition coefficient (Wildman–Crippen LogP) is 0.638. The summed E-state index contributed by atoms with van der Waals surface area (Å²) >= 11 is 0. The van der Waals surface area contributed by atoms with E-state index in [0.717, 1.165) is 0 Å². The quantitative estimate of drug-likeness (QED) is 0.490. The van der Waals surface area contributed by atoms with Crippen molar-refractivity contribution in [3.63, 3.8) is 0 Å². The summed E-state index contributed by atoms with van der Waals surface area (Å²) in [7, 11) is -0.869. The molecule has 0 atom stereocenters. The number of aliphatic carboxylic acids is 2. The summed E-state index contributed by atoms with van der Waals surface area (Å²) in [5.41, 5.74) is 0. The van der Waals surface area contributed by atoms with Crippen molar-refractivity contribution >= 4 is 27.3 Å². The van der Waals surface area contributed by atoms with E-state index in [1.54, 1.807) is 23.0 Å². The third kappa shape index (κ3) is 1.62. The summed E-state index contributed by atoms with van der Waals surface area (Å²) in [6, 6.07) is 0. The van der Waals surface area contributed by atoms with Crippen LogP contribution in [-0.4, -0.2) is 27.0 Å². The maximum atomic E-state index is 10.4. The summed E-state index contributed by atoms with van der Waals surface area (Å²) in [6.45, 7) is 0. The molecular weight excluding hydrogens is 180 g/mol. The van der Waals surface area contributed by atoms with E-state index in [1.165, 1.54) is 0 Å². The second-order valence-electron chi connectivity index (χ2n) is 1.97. The van der Waals surface area contributed by atoms with Crippen molar-refractivity contribution in [2.24, 2.45) is 0 Å². The van der Waals surface area contributed by atoms with Crippen molar-refractivity contribution in [3.05, 3.63) is 23.0 Å². The summed E-state index contributed by atoms with van der Waals surface area (Å²) in [6.07, 6.45) is 3.27. The van der Waals surface area contributed by atoms with E-state index >= 15 is 0 Å². The molecule has 0 radical (unpaired) electrons. The first-order valence-electron chi connectivity index (χ1n) is 3.03. The number of rotatable bonds is 2. The normalized spacial score (nSPS) is 15.0. The summed E-state index contributed by atoms with van der Waals surface area (Å²) in [5.74, 6) is -2.75. The molecular formula is C7H6O4S. The molecule has 0 aliphatic carbocycles. The Morgan fingerprint density at radius 3 is 1.75 bits per heavy atom. The molecule has 12 heavy (non-hydrogen) atoms. The Balaban J connectivity index is 3.16. The van der Waals surface area contributed by atoms with E-state index in [4.69, 9.17) is 10.2 Å². The van der Waals surface area contributed by atoms with E-state index in [1.807, 2.05) is 0 Å². The molecule has 0 aromatic heterocycles. The van der Waals surface area contributed by atoms with Gasteiger partial charge in [-0.3, -0.25) is 0 Å². The Kier molecular flexibility index (Phi) is 2.44. The van der Waals surface area contributed by atoms with Crippen LogP contribution in [0.4, 0.5) is 0 Å². The zero-order valence-electron chi connectivity index (χ0n) is 5.93. The summed E-state index contributed by atoms with van der Waals surface area (Å²) < 4.78 is 0. The Bertz CT molecular complexity index is 294. The minimum Gasteiger partial charge on any atom is -0.477 e. The van der Waals surface area contributed by atoms with Crippen molar-refractivity contribution in [3.8, 4) is 0 Å². The smallest absolute Gasteiger partial charge is 0.349 e. The highest BCUT2D eigenvalue weighted by molar-refractivity contribution is 8.22. The van der Waals surface area contributed by atoms with Crippen molar-refractivity contribution in [2.45, 2.75) is 0 Å². The second kappa shape index (κ2) is 3.36. The van der Waals surface area contributed by atoms with Crippen LogP contribution >= 0.6 is 10.5 Å². The minimum atomic E-state index is -1.37. The first-order chi connectivity index (χ1) is 5.63. The van der Waals surface area contributed by atoms with Crippen LogP contribution in [0.1, 0.15) is 0 Å². The number of hydrogen-bond acceptors (Lipinski definition) is 2. The van der Waals surface area contributed by atoms with Crippen LogP contribution in [0.3, 0.4) is 0 Å². The second-order valence-corrected chi connectivity index (χ2v) is 3.66. The van der Waals surface area contributed by atoms with Gasteiger partial charge in [-0.2, -0.15) is 0 Å². The molecule has 0 aromatic carbocycles. The molecule has 1 heterocycles. The third-order valence-corrected chi connectivity index (χ3v) is 2.91. The molecule has 0 unspecified atom stereocenters. The van der Waals surface area contributed by atoms with Crippen molar-refractivity contribution in [1.82, 2.24) is 0 Å². The van der Waals surface area contributed by atoms with Gasteiger partial charge in [0.05, 0.1) is 0 Å². The van der Waals surface area contributed by atoms with E-state index in [9.17, 15) is 9.59 Å². The van der Waals surface area contributed by atoms with Gasteiger partial charge in [-0.1, -0.05) is 12.2 Å². The Morgan fingerprint density at radius 1 is 1.00 bits per heavy atom.